The predicted molar refractivity (Wildman–Crippen MR) is 140 cm³/mol. The lowest BCUT2D eigenvalue weighted by Gasteiger charge is -2.15. The van der Waals surface area contributed by atoms with Crippen LogP contribution in [0.5, 0.6) is 0 Å². The topological polar surface area (TPSA) is 0 Å². The van der Waals surface area contributed by atoms with Crippen molar-refractivity contribution in [3.05, 3.63) is 12.2 Å². The molecule has 0 aliphatic carbocycles. The van der Waals surface area contributed by atoms with E-state index < -0.39 is 0 Å². The molecule has 0 saturated carbocycles. The van der Waals surface area contributed by atoms with E-state index in [1.165, 1.54) is 141 Å². The van der Waals surface area contributed by atoms with Gasteiger partial charge in [-0.1, -0.05) is 155 Å². The zero-order valence-corrected chi connectivity index (χ0v) is 21.9. The second kappa shape index (κ2) is 25.0. The van der Waals surface area contributed by atoms with Gasteiger partial charge in [-0.2, -0.15) is 0 Å². The van der Waals surface area contributed by atoms with Gasteiger partial charge in [0.1, 0.15) is 0 Å². The Bertz CT molecular complexity index is 329. The molecule has 0 spiro atoms. The van der Waals surface area contributed by atoms with Crippen LogP contribution >= 0.6 is 0 Å². The molecule has 0 aromatic rings. The van der Waals surface area contributed by atoms with Gasteiger partial charge in [-0.25, -0.2) is 0 Å². The van der Waals surface area contributed by atoms with Crippen LogP contribution in [0.4, 0.5) is 0 Å². The third-order valence-electron chi connectivity index (χ3n) is 6.91. The van der Waals surface area contributed by atoms with Gasteiger partial charge in [0.2, 0.25) is 0 Å². The first-order valence-electron chi connectivity index (χ1n) is 14.4. The van der Waals surface area contributed by atoms with Crippen molar-refractivity contribution in [1.82, 2.24) is 0 Å². The van der Waals surface area contributed by atoms with E-state index in [0.29, 0.717) is 0 Å². The Morgan fingerprint density at radius 2 is 0.733 bits per heavy atom. The van der Waals surface area contributed by atoms with Gasteiger partial charge in [-0.3, -0.25) is 0 Å². The zero-order valence-electron chi connectivity index (χ0n) is 21.9. The Labute approximate surface area is 193 Å². The summed E-state index contributed by atoms with van der Waals surface area (Å²) in [6.45, 7) is 9.57. The molecule has 0 fully saturated rings. The molecule has 0 nitrogen and oxygen atoms in total. The van der Waals surface area contributed by atoms with E-state index >= 15 is 0 Å². The van der Waals surface area contributed by atoms with Crippen molar-refractivity contribution < 1.29 is 0 Å². The fourth-order valence-corrected chi connectivity index (χ4v) is 4.52. The molecule has 0 aliphatic rings. The summed E-state index contributed by atoms with van der Waals surface area (Å²) in [5, 5.41) is 0. The Morgan fingerprint density at radius 3 is 1.20 bits per heavy atom. The fraction of sp³-hybridized carbons (Fsp3) is 0.933. The van der Waals surface area contributed by atoms with Gasteiger partial charge in [0, 0.05) is 0 Å². The van der Waals surface area contributed by atoms with Gasteiger partial charge in [0.25, 0.3) is 0 Å². The second-order valence-electron chi connectivity index (χ2n) is 10.4. The largest absolute Gasteiger partial charge is 0.0885 e. The van der Waals surface area contributed by atoms with Gasteiger partial charge in [0.15, 0.2) is 0 Å². The Kier molecular flexibility index (Phi) is 24.8. The summed E-state index contributed by atoms with van der Waals surface area (Å²) in [4.78, 5) is 0. The molecule has 0 heterocycles. The molecule has 0 aromatic heterocycles. The number of hydrogen-bond donors (Lipinski definition) is 0. The number of hydrogen-bond acceptors (Lipinski definition) is 0. The van der Waals surface area contributed by atoms with Crippen molar-refractivity contribution in [3.63, 3.8) is 0 Å². The third kappa shape index (κ3) is 24.0. The minimum Gasteiger partial charge on any atom is -0.0885 e. The first-order valence-corrected chi connectivity index (χ1v) is 14.4. The fourth-order valence-electron chi connectivity index (χ4n) is 4.52. The van der Waals surface area contributed by atoms with E-state index in [1.807, 2.05) is 0 Å². The summed E-state index contributed by atoms with van der Waals surface area (Å²) in [7, 11) is 0. The molecule has 0 heteroatoms. The van der Waals surface area contributed by atoms with Crippen molar-refractivity contribution >= 4 is 0 Å². The summed E-state index contributed by atoms with van der Waals surface area (Å²) < 4.78 is 0. The minimum atomic E-state index is 0.929. The highest BCUT2D eigenvalue weighted by Crippen LogP contribution is 2.22. The quantitative estimate of drug-likeness (QED) is 0.107. The lowest BCUT2D eigenvalue weighted by Crippen LogP contribution is -2.01. The first kappa shape index (κ1) is 29.7. The van der Waals surface area contributed by atoms with Crippen molar-refractivity contribution in [3.8, 4) is 0 Å². The lowest BCUT2D eigenvalue weighted by molar-refractivity contribution is 0.379. The predicted octanol–water partition coefficient (Wildman–Crippen LogP) is 11.4. The van der Waals surface area contributed by atoms with Gasteiger partial charge in [0.05, 0.1) is 0 Å². The standard InChI is InChI=1S/C30H60/c1-5-7-9-11-13-15-17-19-21-23-25-29(3)27-28-30(4)26-24-22-20-18-16-14-12-10-8-6-2/h15,17,29-30H,5-14,16,18-28H2,1-4H3. The minimum absolute atomic E-state index is 0.929. The maximum absolute atomic E-state index is 2.49. The van der Waals surface area contributed by atoms with Crippen LogP contribution in [0.3, 0.4) is 0 Å². The highest BCUT2D eigenvalue weighted by Gasteiger charge is 2.07. The summed E-state index contributed by atoms with van der Waals surface area (Å²) in [6.07, 6.45) is 36.2. The molecule has 30 heavy (non-hydrogen) atoms. The van der Waals surface area contributed by atoms with Crippen LogP contribution in [-0.2, 0) is 0 Å². The summed E-state index contributed by atoms with van der Waals surface area (Å²) in [5.41, 5.74) is 0. The molecule has 0 bridgehead atoms. The van der Waals surface area contributed by atoms with Crippen LogP contribution in [0, 0.1) is 11.8 Å². The first-order chi connectivity index (χ1) is 14.7. The normalized spacial score (nSPS) is 13.9. The van der Waals surface area contributed by atoms with Crippen LogP contribution < -0.4 is 0 Å². The molecule has 0 radical (unpaired) electrons. The molecule has 0 aromatic carbocycles. The summed E-state index contributed by atoms with van der Waals surface area (Å²) in [5.74, 6) is 1.87. The summed E-state index contributed by atoms with van der Waals surface area (Å²) in [6, 6.07) is 0. The van der Waals surface area contributed by atoms with Gasteiger partial charge in [-0.05, 0) is 37.5 Å². The number of unbranched alkanes of at least 4 members (excludes halogenated alkanes) is 15. The Balaban J connectivity index is 3.35. The molecule has 180 valence electrons. The van der Waals surface area contributed by atoms with Crippen LogP contribution in [0.25, 0.3) is 0 Å². The maximum atomic E-state index is 2.49. The highest BCUT2D eigenvalue weighted by atomic mass is 14.1. The van der Waals surface area contributed by atoms with Gasteiger partial charge in [-0.15, -0.1) is 0 Å². The smallest absolute Gasteiger partial charge is 0.0351 e. The lowest BCUT2D eigenvalue weighted by atomic mass is 9.91. The molecule has 0 aliphatic heterocycles. The van der Waals surface area contributed by atoms with Gasteiger partial charge >= 0.3 is 0 Å². The molecule has 0 saturated heterocycles. The Hall–Kier alpha value is -0.260. The van der Waals surface area contributed by atoms with Crippen LogP contribution in [0.2, 0.25) is 0 Å². The van der Waals surface area contributed by atoms with Crippen molar-refractivity contribution in [1.29, 1.82) is 0 Å². The molecule has 0 amide bonds. The van der Waals surface area contributed by atoms with E-state index in [4.69, 9.17) is 0 Å². The van der Waals surface area contributed by atoms with Crippen LogP contribution in [0.15, 0.2) is 12.2 Å². The van der Waals surface area contributed by atoms with E-state index in [9.17, 15) is 0 Å². The van der Waals surface area contributed by atoms with Crippen molar-refractivity contribution in [2.75, 3.05) is 0 Å². The average Bonchev–Trinajstić information content (AvgIpc) is 2.75. The second-order valence-corrected chi connectivity index (χ2v) is 10.4. The van der Waals surface area contributed by atoms with Crippen molar-refractivity contribution in [2.45, 2.75) is 169 Å². The molecular weight excluding hydrogens is 360 g/mol. The summed E-state index contributed by atoms with van der Waals surface area (Å²) >= 11 is 0. The van der Waals surface area contributed by atoms with E-state index in [-0.39, 0.29) is 0 Å². The molecule has 2 atom stereocenters. The van der Waals surface area contributed by atoms with E-state index in [0.717, 1.165) is 11.8 Å². The zero-order chi connectivity index (χ0) is 22.1. The van der Waals surface area contributed by atoms with Gasteiger partial charge < -0.3 is 0 Å². The number of allylic oxidation sites excluding steroid dienone is 2. The molecule has 0 N–H and O–H groups in total. The monoisotopic (exact) mass is 420 g/mol. The molecule has 2 unspecified atom stereocenters. The maximum Gasteiger partial charge on any atom is -0.0351 e. The molecule has 0 rings (SSSR count). The van der Waals surface area contributed by atoms with E-state index in [2.05, 4.69) is 39.8 Å². The van der Waals surface area contributed by atoms with Crippen LogP contribution in [-0.4, -0.2) is 0 Å². The highest BCUT2D eigenvalue weighted by molar-refractivity contribution is 4.81. The number of rotatable bonds is 24. The average molecular weight is 421 g/mol. The molecular formula is C30H60. The van der Waals surface area contributed by atoms with E-state index in [1.54, 1.807) is 0 Å². The Morgan fingerprint density at radius 1 is 0.400 bits per heavy atom. The third-order valence-corrected chi connectivity index (χ3v) is 6.91. The SMILES string of the molecule is CCCCCCC=CCCCCC(C)CCC(C)CCCCCCCCCCCC. The van der Waals surface area contributed by atoms with Crippen LogP contribution in [0.1, 0.15) is 169 Å². The van der Waals surface area contributed by atoms with Crippen molar-refractivity contribution in [2.24, 2.45) is 11.8 Å².